The number of hydrogen-bond acceptors (Lipinski definition) is 2. The molecule has 0 aliphatic carbocycles. The Morgan fingerprint density at radius 3 is 2.82 bits per heavy atom. The van der Waals surface area contributed by atoms with E-state index in [1.54, 1.807) is 0 Å². The molecule has 11 heavy (non-hydrogen) atoms. The average molecular weight is 151 g/mol. The highest BCUT2D eigenvalue weighted by Crippen LogP contribution is 2.09. The van der Waals surface area contributed by atoms with Crippen molar-refractivity contribution in [2.45, 2.75) is 13.0 Å². The predicted molar refractivity (Wildman–Crippen MR) is 43.1 cm³/mol. The van der Waals surface area contributed by atoms with E-state index in [-0.39, 0.29) is 0 Å². The van der Waals surface area contributed by atoms with Gasteiger partial charge >= 0.3 is 0 Å². The number of nitrogens with zero attached hydrogens (tertiary/aromatic N) is 3. The van der Waals surface area contributed by atoms with Gasteiger partial charge in [0.2, 0.25) is 0 Å². The van der Waals surface area contributed by atoms with Gasteiger partial charge in [-0.3, -0.25) is 4.90 Å². The zero-order valence-electron chi connectivity index (χ0n) is 6.82. The number of likely N-dealkylation sites (tertiary alicyclic amines) is 1. The lowest BCUT2D eigenvalue weighted by Gasteiger charge is -2.29. The number of aromatic nitrogens is 2. The van der Waals surface area contributed by atoms with Crippen molar-refractivity contribution >= 4 is 0 Å². The van der Waals surface area contributed by atoms with Crippen LogP contribution < -0.4 is 0 Å². The Morgan fingerprint density at radius 1 is 1.55 bits per heavy atom. The zero-order valence-corrected chi connectivity index (χ0v) is 6.82. The molecule has 1 fully saturated rings. The van der Waals surface area contributed by atoms with E-state index < -0.39 is 0 Å². The molecule has 0 radical (unpaired) electrons. The second kappa shape index (κ2) is 2.66. The van der Waals surface area contributed by atoms with Gasteiger partial charge in [-0.2, -0.15) is 0 Å². The van der Waals surface area contributed by atoms with E-state index in [4.69, 9.17) is 0 Å². The molecular weight excluding hydrogens is 138 g/mol. The molecule has 1 saturated heterocycles. The standard InChI is InChI=1S/C8H13N3/c1-10-5-8(9-7-10)6-11-3-2-4-11/h5,7H,2-4,6H2,1H3. The van der Waals surface area contributed by atoms with Crippen LogP contribution in [0.4, 0.5) is 0 Å². The van der Waals surface area contributed by atoms with Crippen LogP contribution in [-0.4, -0.2) is 27.5 Å². The highest BCUT2D eigenvalue weighted by atomic mass is 15.2. The maximum atomic E-state index is 4.26. The maximum absolute atomic E-state index is 4.26. The number of rotatable bonds is 2. The minimum Gasteiger partial charge on any atom is -0.340 e. The van der Waals surface area contributed by atoms with E-state index in [0.717, 1.165) is 6.54 Å². The van der Waals surface area contributed by atoms with Gasteiger partial charge in [-0.05, 0) is 19.5 Å². The summed E-state index contributed by atoms with van der Waals surface area (Å²) in [4.78, 5) is 6.66. The van der Waals surface area contributed by atoms with Crippen molar-refractivity contribution in [2.75, 3.05) is 13.1 Å². The first-order valence-electron chi connectivity index (χ1n) is 4.04. The fraction of sp³-hybridized carbons (Fsp3) is 0.625. The lowest BCUT2D eigenvalue weighted by Crippen LogP contribution is -2.36. The van der Waals surface area contributed by atoms with E-state index >= 15 is 0 Å². The molecule has 0 unspecified atom stereocenters. The van der Waals surface area contributed by atoms with Crippen LogP contribution >= 0.6 is 0 Å². The maximum Gasteiger partial charge on any atom is 0.0947 e. The summed E-state index contributed by atoms with van der Waals surface area (Å²) in [6.45, 7) is 3.52. The number of aryl methyl sites for hydroxylation is 1. The lowest BCUT2D eigenvalue weighted by molar-refractivity contribution is 0.170. The first kappa shape index (κ1) is 6.85. The van der Waals surface area contributed by atoms with Crippen molar-refractivity contribution in [3.63, 3.8) is 0 Å². The minimum atomic E-state index is 1.03. The Labute approximate surface area is 66.6 Å². The molecular formula is C8H13N3. The number of imidazole rings is 1. The van der Waals surface area contributed by atoms with Crippen LogP contribution in [0.3, 0.4) is 0 Å². The Balaban J connectivity index is 1.95. The summed E-state index contributed by atoms with van der Waals surface area (Å²) in [5.74, 6) is 0. The highest BCUT2D eigenvalue weighted by Gasteiger charge is 2.14. The smallest absolute Gasteiger partial charge is 0.0947 e. The number of hydrogen-bond donors (Lipinski definition) is 0. The summed E-state index contributed by atoms with van der Waals surface area (Å²) in [5, 5.41) is 0. The van der Waals surface area contributed by atoms with Gasteiger partial charge in [0.1, 0.15) is 0 Å². The Morgan fingerprint density at radius 2 is 2.36 bits per heavy atom. The predicted octanol–water partition coefficient (Wildman–Crippen LogP) is 0.626. The monoisotopic (exact) mass is 151 g/mol. The van der Waals surface area contributed by atoms with Crippen molar-refractivity contribution in [1.29, 1.82) is 0 Å². The Hall–Kier alpha value is -0.830. The van der Waals surface area contributed by atoms with E-state index in [1.807, 2.05) is 17.9 Å². The molecule has 0 bridgehead atoms. The molecule has 60 valence electrons. The van der Waals surface area contributed by atoms with E-state index in [0.29, 0.717) is 0 Å². The van der Waals surface area contributed by atoms with Gasteiger partial charge < -0.3 is 4.57 Å². The third-order valence-corrected chi connectivity index (χ3v) is 2.09. The summed E-state index contributed by atoms with van der Waals surface area (Å²) in [6, 6.07) is 0. The molecule has 1 aromatic rings. The van der Waals surface area contributed by atoms with Crippen LogP contribution in [0.2, 0.25) is 0 Å². The quantitative estimate of drug-likeness (QED) is 0.618. The second-order valence-electron chi connectivity index (χ2n) is 3.16. The summed E-state index contributed by atoms with van der Waals surface area (Å²) in [7, 11) is 2.01. The highest BCUT2D eigenvalue weighted by molar-refractivity contribution is 4.96. The summed E-state index contributed by atoms with van der Waals surface area (Å²) >= 11 is 0. The van der Waals surface area contributed by atoms with E-state index in [1.165, 1.54) is 25.2 Å². The van der Waals surface area contributed by atoms with Crippen molar-refractivity contribution in [3.8, 4) is 0 Å². The van der Waals surface area contributed by atoms with Crippen molar-refractivity contribution in [3.05, 3.63) is 18.2 Å². The normalized spacial score (nSPS) is 18.3. The largest absolute Gasteiger partial charge is 0.340 e. The van der Waals surface area contributed by atoms with Crippen molar-refractivity contribution in [2.24, 2.45) is 7.05 Å². The van der Waals surface area contributed by atoms with Gasteiger partial charge in [0.25, 0.3) is 0 Å². The molecule has 2 rings (SSSR count). The molecule has 2 heterocycles. The molecule has 0 spiro atoms. The van der Waals surface area contributed by atoms with Crippen molar-refractivity contribution in [1.82, 2.24) is 14.5 Å². The third-order valence-electron chi connectivity index (χ3n) is 2.09. The fourth-order valence-corrected chi connectivity index (χ4v) is 1.32. The molecule has 1 aliphatic heterocycles. The van der Waals surface area contributed by atoms with Crippen LogP contribution in [0.25, 0.3) is 0 Å². The Kier molecular flexibility index (Phi) is 1.66. The second-order valence-corrected chi connectivity index (χ2v) is 3.16. The van der Waals surface area contributed by atoms with Gasteiger partial charge in [0.05, 0.1) is 12.0 Å². The molecule has 0 aromatic carbocycles. The molecule has 1 aliphatic rings. The first-order chi connectivity index (χ1) is 5.34. The lowest BCUT2D eigenvalue weighted by atomic mass is 10.2. The van der Waals surface area contributed by atoms with Gasteiger partial charge in [-0.25, -0.2) is 4.98 Å². The molecule has 1 aromatic heterocycles. The van der Waals surface area contributed by atoms with Crippen LogP contribution in [-0.2, 0) is 13.6 Å². The fourth-order valence-electron chi connectivity index (χ4n) is 1.32. The van der Waals surface area contributed by atoms with Crippen LogP contribution in [0.5, 0.6) is 0 Å². The van der Waals surface area contributed by atoms with Gasteiger partial charge in [0.15, 0.2) is 0 Å². The average Bonchev–Trinajstić information content (AvgIpc) is 2.27. The van der Waals surface area contributed by atoms with Gasteiger partial charge in [-0.1, -0.05) is 0 Å². The van der Waals surface area contributed by atoms with Crippen LogP contribution in [0, 0.1) is 0 Å². The van der Waals surface area contributed by atoms with Crippen LogP contribution in [0.1, 0.15) is 12.1 Å². The molecule has 0 atom stereocenters. The molecule has 0 N–H and O–H groups in total. The third kappa shape index (κ3) is 1.43. The zero-order chi connectivity index (χ0) is 7.68. The molecule has 0 saturated carbocycles. The molecule has 3 heteroatoms. The summed E-state index contributed by atoms with van der Waals surface area (Å²) in [5.41, 5.74) is 1.19. The Bertz CT molecular complexity index is 237. The van der Waals surface area contributed by atoms with E-state index in [9.17, 15) is 0 Å². The van der Waals surface area contributed by atoms with Gasteiger partial charge in [-0.15, -0.1) is 0 Å². The van der Waals surface area contributed by atoms with Crippen molar-refractivity contribution < 1.29 is 0 Å². The van der Waals surface area contributed by atoms with Crippen LogP contribution in [0.15, 0.2) is 12.5 Å². The summed E-state index contributed by atoms with van der Waals surface area (Å²) in [6.07, 6.45) is 5.29. The minimum absolute atomic E-state index is 1.03. The van der Waals surface area contributed by atoms with E-state index in [2.05, 4.69) is 16.1 Å². The molecule has 3 nitrogen and oxygen atoms in total. The van der Waals surface area contributed by atoms with Gasteiger partial charge in [0, 0.05) is 19.8 Å². The first-order valence-corrected chi connectivity index (χ1v) is 4.04. The SMILES string of the molecule is Cn1cnc(CN2CCC2)c1. The topological polar surface area (TPSA) is 21.1 Å². The molecule has 0 amide bonds. The summed E-state index contributed by atoms with van der Waals surface area (Å²) < 4.78 is 2.00.